The van der Waals surface area contributed by atoms with Crippen molar-refractivity contribution in [2.75, 3.05) is 24.6 Å². The van der Waals surface area contributed by atoms with Crippen molar-refractivity contribution in [2.45, 2.75) is 6.42 Å². The van der Waals surface area contributed by atoms with E-state index in [1.54, 1.807) is 7.05 Å². The Bertz CT molecular complexity index is 314. The van der Waals surface area contributed by atoms with Gasteiger partial charge < -0.3 is 16.4 Å². The van der Waals surface area contributed by atoms with E-state index in [4.69, 9.17) is 5.73 Å². The maximum Gasteiger partial charge on any atom is 0.221 e. The van der Waals surface area contributed by atoms with Crippen molar-refractivity contribution in [3.63, 3.8) is 0 Å². The number of aromatic nitrogens is 2. The van der Waals surface area contributed by atoms with Gasteiger partial charge >= 0.3 is 0 Å². The molecule has 1 rings (SSSR count). The van der Waals surface area contributed by atoms with E-state index < -0.39 is 0 Å². The summed E-state index contributed by atoms with van der Waals surface area (Å²) >= 11 is 0. The predicted octanol–water partition coefficient (Wildman–Crippen LogP) is -0.393. The summed E-state index contributed by atoms with van der Waals surface area (Å²) in [7, 11) is 1.60. The van der Waals surface area contributed by atoms with Crippen molar-refractivity contribution in [3.8, 4) is 0 Å². The molecule has 0 aliphatic rings. The smallest absolute Gasteiger partial charge is 0.221 e. The molecule has 0 aliphatic heterocycles. The Kier molecular flexibility index (Phi) is 3.66. The highest BCUT2D eigenvalue weighted by Gasteiger charge is 2.00. The molecule has 14 heavy (non-hydrogen) atoms. The van der Waals surface area contributed by atoms with E-state index in [1.807, 2.05) is 0 Å². The third-order valence-corrected chi connectivity index (χ3v) is 1.66. The van der Waals surface area contributed by atoms with Crippen LogP contribution in [0.1, 0.15) is 6.42 Å². The fraction of sp³-hybridized carbons (Fsp3) is 0.375. The van der Waals surface area contributed by atoms with Gasteiger partial charge in [0.15, 0.2) is 5.82 Å². The van der Waals surface area contributed by atoms with Gasteiger partial charge in [-0.1, -0.05) is 0 Å². The topological polar surface area (TPSA) is 92.9 Å². The van der Waals surface area contributed by atoms with Crippen LogP contribution in [0.15, 0.2) is 12.5 Å². The molecule has 0 saturated carbocycles. The van der Waals surface area contributed by atoms with Gasteiger partial charge in [-0.05, 0) is 0 Å². The van der Waals surface area contributed by atoms with Crippen LogP contribution in [-0.4, -0.2) is 29.5 Å². The van der Waals surface area contributed by atoms with Gasteiger partial charge in [-0.3, -0.25) is 4.79 Å². The zero-order valence-electron chi connectivity index (χ0n) is 7.95. The van der Waals surface area contributed by atoms with Crippen molar-refractivity contribution in [1.29, 1.82) is 0 Å². The van der Waals surface area contributed by atoms with Crippen LogP contribution in [0.5, 0.6) is 0 Å². The van der Waals surface area contributed by atoms with Crippen LogP contribution in [0.25, 0.3) is 0 Å². The lowest BCUT2D eigenvalue weighted by atomic mass is 10.4. The van der Waals surface area contributed by atoms with Gasteiger partial charge in [-0.2, -0.15) is 0 Å². The molecule has 6 heteroatoms. The van der Waals surface area contributed by atoms with Crippen LogP contribution < -0.4 is 16.4 Å². The third kappa shape index (κ3) is 2.89. The molecule has 76 valence electrons. The largest absolute Gasteiger partial charge is 0.394 e. The normalized spacial score (nSPS) is 9.50. The fourth-order valence-electron chi connectivity index (χ4n) is 0.908. The number of hydrogen-bond donors (Lipinski definition) is 3. The molecule has 1 amide bonds. The Morgan fingerprint density at radius 3 is 3.07 bits per heavy atom. The van der Waals surface area contributed by atoms with Crippen LogP contribution in [0.3, 0.4) is 0 Å². The lowest BCUT2D eigenvalue weighted by molar-refractivity contribution is -0.120. The van der Waals surface area contributed by atoms with Gasteiger partial charge in [0.25, 0.3) is 0 Å². The summed E-state index contributed by atoms with van der Waals surface area (Å²) in [5, 5.41) is 5.46. The van der Waals surface area contributed by atoms with E-state index in [-0.39, 0.29) is 5.91 Å². The highest BCUT2D eigenvalue weighted by molar-refractivity contribution is 5.76. The third-order valence-electron chi connectivity index (χ3n) is 1.66. The van der Waals surface area contributed by atoms with Crippen LogP contribution in [-0.2, 0) is 4.79 Å². The maximum absolute atomic E-state index is 10.9. The molecule has 1 aromatic heterocycles. The molecule has 0 spiro atoms. The molecular formula is C8H13N5O. The van der Waals surface area contributed by atoms with E-state index in [1.165, 1.54) is 12.5 Å². The van der Waals surface area contributed by atoms with Gasteiger partial charge in [0.2, 0.25) is 5.91 Å². The SMILES string of the molecule is CNC(=O)CCNc1ncncc1N. The molecule has 0 bridgehead atoms. The lowest BCUT2D eigenvalue weighted by Crippen LogP contribution is -2.21. The van der Waals surface area contributed by atoms with E-state index in [9.17, 15) is 4.79 Å². The number of nitrogens with zero attached hydrogens (tertiary/aromatic N) is 2. The minimum atomic E-state index is -0.0230. The minimum absolute atomic E-state index is 0.0230. The zero-order valence-corrected chi connectivity index (χ0v) is 7.95. The number of hydrogen-bond acceptors (Lipinski definition) is 5. The first-order chi connectivity index (χ1) is 6.74. The van der Waals surface area contributed by atoms with Crippen molar-refractivity contribution in [2.24, 2.45) is 0 Å². The Hall–Kier alpha value is -1.85. The molecular weight excluding hydrogens is 182 g/mol. The summed E-state index contributed by atoms with van der Waals surface area (Å²) in [6.45, 7) is 0.501. The second-order valence-corrected chi connectivity index (χ2v) is 2.68. The lowest BCUT2D eigenvalue weighted by Gasteiger charge is -2.06. The molecule has 4 N–H and O–H groups in total. The molecule has 0 unspecified atom stereocenters. The van der Waals surface area contributed by atoms with Gasteiger partial charge in [0, 0.05) is 20.0 Å². The standard InChI is InChI=1S/C8H13N5O/c1-10-7(14)2-3-12-8-6(9)4-11-5-13-8/h4-5H,2-3,9H2,1H3,(H,10,14)(H,11,12,13). The van der Waals surface area contributed by atoms with Gasteiger partial charge in [-0.25, -0.2) is 9.97 Å². The average Bonchev–Trinajstić information content (AvgIpc) is 2.20. The summed E-state index contributed by atoms with van der Waals surface area (Å²) in [5.74, 6) is 0.536. The van der Waals surface area contributed by atoms with Crippen molar-refractivity contribution in [1.82, 2.24) is 15.3 Å². The highest BCUT2D eigenvalue weighted by atomic mass is 16.1. The van der Waals surface area contributed by atoms with E-state index in [0.717, 1.165) is 0 Å². The highest BCUT2D eigenvalue weighted by Crippen LogP contribution is 2.10. The Labute approximate surface area is 81.9 Å². The summed E-state index contributed by atoms with van der Waals surface area (Å²) in [4.78, 5) is 18.5. The van der Waals surface area contributed by atoms with Gasteiger partial charge in [-0.15, -0.1) is 0 Å². The summed E-state index contributed by atoms with van der Waals surface area (Å²) in [5.41, 5.74) is 6.06. The number of carbonyl (C=O) groups excluding carboxylic acids is 1. The first kappa shape index (κ1) is 10.2. The minimum Gasteiger partial charge on any atom is -0.394 e. The summed E-state index contributed by atoms with van der Waals surface area (Å²) < 4.78 is 0. The first-order valence-electron chi connectivity index (χ1n) is 4.24. The Balaban J connectivity index is 2.39. The summed E-state index contributed by atoms with van der Waals surface area (Å²) in [6.07, 6.45) is 3.30. The van der Waals surface area contributed by atoms with Crippen molar-refractivity contribution in [3.05, 3.63) is 12.5 Å². The second kappa shape index (κ2) is 5.00. The molecule has 0 radical (unpaired) electrons. The maximum atomic E-state index is 10.9. The van der Waals surface area contributed by atoms with Crippen LogP contribution in [0, 0.1) is 0 Å². The fourth-order valence-corrected chi connectivity index (χ4v) is 0.908. The number of amides is 1. The van der Waals surface area contributed by atoms with Crippen LogP contribution >= 0.6 is 0 Å². The molecule has 0 aromatic carbocycles. The van der Waals surface area contributed by atoms with Gasteiger partial charge in [0.1, 0.15) is 6.33 Å². The van der Waals surface area contributed by atoms with Gasteiger partial charge in [0.05, 0.1) is 11.9 Å². The molecule has 6 nitrogen and oxygen atoms in total. The quantitative estimate of drug-likeness (QED) is 0.608. The first-order valence-corrected chi connectivity index (χ1v) is 4.24. The number of nitrogens with two attached hydrogens (primary N) is 1. The van der Waals surface area contributed by atoms with E-state index in [0.29, 0.717) is 24.5 Å². The molecule has 1 aromatic rings. The Morgan fingerprint density at radius 2 is 2.43 bits per heavy atom. The van der Waals surface area contributed by atoms with Crippen molar-refractivity contribution >= 4 is 17.4 Å². The Morgan fingerprint density at radius 1 is 1.64 bits per heavy atom. The van der Waals surface area contributed by atoms with Crippen molar-refractivity contribution < 1.29 is 4.79 Å². The molecule has 1 heterocycles. The molecule has 0 saturated heterocycles. The zero-order chi connectivity index (χ0) is 10.4. The number of rotatable bonds is 4. The van der Waals surface area contributed by atoms with E-state index in [2.05, 4.69) is 20.6 Å². The average molecular weight is 195 g/mol. The number of anilines is 2. The monoisotopic (exact) mass is 195 g/mol. The number of carbonyl (C=O) groups is 1. The summed E-state index contributed by atoms with van der Waals surface area (Å²) in [6, 6.07) is 0. The molecule has 0 atom stereocenters. The molecule has 0 fully saturated rings. The van der Waals surface area contributed by atoms with Crippen LogP contribution in [0.2, 0.25) is 0 Å². The second-order valence-electron chi connectivity index (χ2n) is 2.68. The van der Waals surface area contributed by atoms with E-state index >= 15 is 0 Å². The molecule has 0 aliphatic carbocycles. The predicted molar refractivity (Wildman–Crippen MR) is 53.6 cm³/mol. The number of nitrogens with one attached hydrogen (secondary N) is 2. The van der Waals surface area contributed by atoms with Crippen LogP contribution in [0.4, 0.5) is 11.5 Å². The number of nitrogen functional groups attached to an aromatic ring is 1.